The van der Waals surface area contributed by atoms with Gasteiger partial charge in [0.05, 0.1) is 23.6 Å². The van der Waals surface area contributed by atoms with E-state index in [0.29, 0.717) is 28.4 Å². The molecule has 0 radical (unpaired) electrons. The van der Waals surface area contributed by atoms with E-state index in [4.69, 9.17) is 16.3 Å². The zero-order valence-electron chi connectivity index (χ0n) is 19.3. The SMILES string of the molecule is CCCCOC(=O)c1ccc(NC(=O)CN(Cc2ccc(Cl)cc2)S(=O)(=O)c2ccccc2)cc1. The molecule has 0 aliphatic carbocycles. The molecule has 0 bridgehead atoms. The van der Waals surface area contributed by atoms with Gasteiger partial charge in [-0.2, -0.15) is 4.31 Å². The Kier molecular flexibility index (Phi) is 9.42. The first-order chi connectivity index (χ1) is 16.8. The average molecular weight is 515 g/mol. The minimum absolute atomic E-state index is 0.00957. The van der Waals surface area contributed by atoms with Crippen LogP contribution in [0.4, 0.5) is 5.69 Å². The van der Waals surface area contributed by atoms with Crippen LogP contribution in [0, 0.1) is 0 Å². The number of nitrogens with zero attached hydrogens (tertiary/aromatic N) is 1. The number of amides is 1. The standard InChI is InChI=1S/C26H27ClN2O5S/c1-2-3-17-34-26(31)21-11-15-23(16-12-21)28-25(30)19-29(18-20-9-13-22(27)14-10-20)35(32,33)24-7-5-4-6-8-24/h4-16H,2-3,17-19H2,1H3,(H,28,30). The lowest BCUT2D eigenvalue weighted by molar-refractivity contribution is -0.116. The molecule has 1 N–H and O–H groups in total. The maximum atomic E-state index is 13.3. The van der Waals surface area contributed by atoms with E-state index < -0.39 is 28.4 Å². The molecule has 9 heteroatoms. The Balaban J connectivity index is 1.72. The number of halogens is 1. The predicted octanol–water partition coefficient (Wildman–Crippen LogP) is 5.13. The minimum Gasteiger partial charge on any atom is -0.462 e. The van der Waals surface area contributed by atoms with Gasteiger partial charge in [-0.25, -0.2) is 13.2 Å². The molecule has 0 unspecified atom stereocenters. The monoisotopic (exact) mass is 514 g/mol. The smallest absolute Gasteiger partial charge is 0.338 e. The Labute approximate surface area is 210 Å². The summed E-state index contributed by atoms with van der Waals surface area (Å²) in [4.78, 5) is 24.9. The molecule has 0 aliphatic rings. The highest BCUT2D eigenvalue weighted by atomic mass is 35.5. The number of carbonyl (C=O) groups excluding carboxylic acids is 2. The summed E-state index contributed by atoms with van der Waals surface area (Å²) >= 11 is 5.95. The van der Waals surface area contributed by atoms with Gasteiger partial charge in [0, 0.05) is 17.3 Å². The van der Waals surface area contributed by atoms with Gasteiger partial charge in [-0.1, -0.05) is 55.3 Å². The molecule has 3 aromatic rings. The highest BCUT2D eigenvalue weighted by molar-refractivity contribution is 7.89. The van der Waals surface area contributed by atoms with Crippen LogP contribution in [-0.2, 0) is 26.1 Å². The number of hydrogen-bond donors (Lipinski definition) is 1. The summed E-state index contributed by atoms with van der Waals surface area (Å²) in [5.74, 6) is -0.948. The number of sulfonamides is 1. The van der Waals surface area contributed by atoms with Crippen molar-refractivity contribution in [3.05, 3.63) is 95.0 Å². The minimum atomic E-state index is -3.95. The summed E-state index contributed by atoms with van der Waals surface area (Å²) in [6, 6.07) is 21.0. The second kappa shape index (κ2) is 12.5. The lowest BCUT2D eigenvalue weighted by Gasteiger charge is -2.22. The number of esters is 1. The van der Waals surface area contributed by atoms with Gasteiger partial charge in [0.25, 0.3) is 0 Å². The number of unbranched alkanes of at least 4 members (excludes halogenated alkanes) is 1. The third kappa shape index (κ3) is 7.65. The summed E-state index contributed by atoms with van der Waals surface area (Å²) in [5.41, 5.74) is 1.49. The molecule has 35 heavy (non-hydrogen) atoms. The van der Waals surface area contributed by atoms with Gasteiger partial charge in [0.1, 0.15) is 0 Å². The van der Waals surface area contributed by atoms with Gasteiger partial charge in [0.2, 0.25) is 15.9 Å². The Hall–Kier alpha value is -3.20. The number of rotatable bonds is 11. The van der Waals surface area contributed by atoms with Gasteiger partial charge >= 0.3 is 5.97 Å². The van der Waals surface area contributed by atoms with Crippen molar-refractivity contribution in [2.45, 2.75) is 31.2 Å². The second-order valence-electron chi connectivity index (χ2n) is 7.83. The molecule has 184 valence electrons. The Morgan fingerprint density at radius 2 is 1.60 bits per heavy atom. The van der Waals surface area contributed by atoms with E-state index >= 15 is 0 Å². The van der Waals surface area contributed by atoms with Crippen molar-refractivity contribution in [3.8, 4) is 0 Å². The van der Waals surface area contributed by atoms with Crippen LogP contribution in [-0.4, -0.2) is 37.8 Å². The Bertz CT molecular complexity index is 1230. The normalized spacial score (nSPS) is 11.3. The van der Waals surface area contributed by atoms with Crippen LogP contribution >= 0.6 is 11.6 Å². The molecule has 7 nitrogen and oxygen atoms in total. The highest BCUT2D eigenvalue weighted by Crippen LogP contribution is 2.20. The van der Waals surface area contributed by atoms with E-state index in [1.807, 2.05) is 6.92 Å². The molecule has 0 atom stereocenters. The molecule has 0 saturated heterocycles. The number of nitrogens with one attached hydrogen (secondary N) is 1. The van der Waals surface area contributed by atoms with Crippen molar-refractivity contribution in [3.63, 3.8) is 0 Å². The highest BCUT2D eigenvalue weighted by Gasteiger charge is 2.27. The van der Waals surface area contributed by atoms with E-state index in [0.717, 1.165) is 17.1 Å². The third-order valence-electron chi connectivity index (χ3n) is 5.11. The molecular weight excluding hydrogens is 488 g/mol. The van der Waals surface area contributed by atoms with Crippen molar-refractivity contribution >= 4 is 39.2 Å². The van der Waals surface area contributed by atoms with Crippen LogP contribution in [0.5, 0.6) is 0 Å². The first kappa shape index (κ1) is 26.4. The van der Waals surface area contributed by atoms with Gasteiger partial charge in [-0.3, -0.25) is 4.79 Å². The van der Waals surface area contributed by atoms with E-state index in [1.165, 1.54) is 12.1 Å². The van der Waals surface area contributed by atoms with Gasteiger partial charge in [-0.15, -0.1) is 0 Å². The molecular formula is C26H27ClN2O5S. The first-order valence-corrected chi connectivity index (χ1v) is 13.0. The van der Waals surface area contributed by atoms with E-state index in [2.05, 4.69) is 5.32 Å². The van der Waals surface area contributed by atoms with Crippen LogP contribution in [0.25, 0.3) is 0 Å². The lowest BCUT2D eigenvalue weighted by atomic mass is 10.2. The molecule has 1 amide bonds. The Morgan fingerprint density at radius 3 is 2.23 bits per heavy atom. The largest absolute Gasteiger partial charge is 0.462 e. The summed E-state index contributed by atoms with van der Waals surface area (Å²) in [5, 5.41) is 3.22. The van der Waals surface area contributed by atoms with Crippen molar-refractivity contribution in [1.82, 2.24) is 4.31 Å². The van der Waals surface area contributed by atoms with Gasteiger partial charge in [0.15, 0.2) is 0 Å². The number of ether oxygens (including phenoxy) is 1. The van der Waals surface area contributed by atoms with E-state index in [1.54, 1.807) is 66.7 Å². The van der Waals surface area contributed by atoms with Crippen molar-refractivity contribution in [2.24, 2.45) is 0 Å². The zero-order chi connectivity index (χ0) is 25.3. The van der Waals surface area contributed by atoms with Gasteiger partial charge in [-0.05, 0) is 60.5 Å². The van der Waals surface area contributed by atoms with Crippen LogP contribution in [0.2, 0.25) is 5.02 Å². The number of hydrogen-bond acceptors (Lipinski definition) is 5. The molecule has 3 rings (SSSR count). The van der Waals surface area contributed by atoms with Crippen LogP contribution < -0.4 is 5.32 Å². The molecule has 0 saturated carbocycles. The molecule has 0 aromatic heterocycles. The molecule has 0 spiro atoms. The summed E-state index contributed by atoms with van der Waals surface area (Å²) in [7, 11) is -3.95. The number of carbonyl (C=O) groups is 2. The average Bonchev–Trinajstić information content (AvgIpc) is 2.86. The predicted molar refractivity (Wildman–Crippen MR) is 136 cm³/mol. The van der Waals surface area contributed by atoms with Crippen molar-refractivity contribution in [1.29, 1.82) is 0 Å². The first-order valence-electron chi connectivity index (χ1n) is 11.2. The zero-order valence-corrected chi connectivity index (χ0v) is 20.9. The van der Waals surface area contributed by atoms with Crippen molar-refractivity contribution < 1.29 is 22.7 Å². The quantitative estimate of drug-likeness (QED) is 0.283. The Morgan fingerprint density at radius 1 is 0.943 bits per heavy atom. The van der Waals surface area contributed by atoms with Gasteiger partial charge < -0.3 is 10.1 Å². The topological polar surface area (TPSA) is 92.8 Å². The number of anilines is 1. The summed E-state index contributed by atoms with van der Waals surface area (Å²) < 4.78 is 32.9. The third-order valence-corrected chi connectivity index (χ3v) is 7.17. The van der Waals surface area contributed by atoms with Crippen LogP contribution in [0.3, 0.4) is 0 Å². The summed E-state index contributed by atoms with van der Waals surface area (Å²) in [6.45, 7) is 1.95. The molecule has 0 heterocycles. The lowest BCUT2D eigenvalue weighted by Crippen LogP contribution is -2.37. The van der Waals surface area contributed by atoms with Crippen LogP contribution in [0.15, 0.2) is 83.8 Å². The van der Waals surface area contributed by atoms with Crippen molar-refractivity contribution in [2.75, 3.05) is 18.5 Å². The fraction of sp³-hybridized carbons (Fsp3) is 0.231. The maximum absolute atomic E-state index is 13.3. The fourth-order valence-corrected chi connectivity index (χ4v) is 4.74. The molecule has 0 fully saturated rings. The van der Waals surface area contributed by atoms with E-state index in [9.17, 15) is 18.0 Å². The maximum Gasteiger partial charge on any atom is 0.338 e. The molecule has 0 aliphatic heterocycles. The summed E-state index contributed by atoms with van der Waals surface area (Å²) in [6.07, 6.45) is 1.71. The van der Waals surface area contributed by atoms with E-state index in [-0.39, 0.29) is 11.4 Å². The van der Waals surface area contributed by atoms with Crippen LogP contribution in [0.1, 0.15) is 35.7 Å². The molecule has 3 aromatic carbocycles. The number of benzene rings is 3. The fourth-order valence-electron chi connectivity index (χ4n) is 3.20. The second-order valence-corrected chi connectivity index (χ2v) is 10.2.